The molecule has 2 radical (unpaired) electrons. The first-order valence-electron chi connectivity index (χ1n) is 3.26. The van der Waals surface area contributed by atoms with Crippen LogP contribution in [0.3, 0.4) is 0 Å². The molecule has 0 aliphatic heterocycles. The van der Waals surface area contributed by atoms with Gasteiger partial charge >= 0.3 is 0 Å². The molecule has 0 saturated carbocycles. The van der Waals surface area contributed by atoms with Crippen molar-refractivity contribution in [3.8, 4) is 0 Å². The van der Waals surface area contributed by atoms with Crippen molar-refractivity contribution in [1.82, 2.24) is 10.7 Å². The van der Waals surface area contributed by atoms with Crippen molar-refractivity contribution in [3.63, 3.8) is 0 Å². The highest BCUT2D eigenvalue weighted by molar-refractivity contribution is 7.89. The van der Waals surface area contributed by atoms with Crippen LogP contribution in [0.15, 0.2) is 0 Å². The fourth-order valence-electron chi connectivity index (χ4n) is 0.588. The van der Waals surface area contributed by atoms with E-state index in [1.807, 2.05) is 6.92 Å². The van der Waals surface area contributed by atoms with Crippen LogP contribution < -0.4 is 10.7 Å². The maximum absolute atomic E-state index is 10.5. The SMILES string of the molecule is CCCCCS(=O)(=O)N[N]. The smallest absolute Gasteiger partial charge is 0.211 e. The van der Waals surface area contributed by atoms with Gasteiger partial charge in [0.05, 0.1) is 5.75 Å². The van der Waals surface area contributed by atoms with E-state index in [2.05, 4.69) is 0 Å². The molecule has 0 aliphatic rings. The summed E-state index contributed by atoms with van der Waals surface area (Å²) in [4.78, 5) is 1.27. The number of unbranched alkanes of at least 4 members (excludes halogenated alkanes) is 2. The lowest BCUT2D eigenvalue weighted by atomic mass is 10.3. The first kappa shape index (κ1) is 9.87. The van der Waals surface area contributed by atoms with Gasteiger partial charge in [-0.25, -0.2) is 8.42 Å². The van der Waals surface area contributed by atoms with Gasteiger partial charge in [0, 0.05) is 0 Å². The fourth-order valence-corrected chi connectivity index (χ4v) is 1.26. The third-order valence-corrected chi connectivity index (χ3v) is 2.26. The lowest BCUT2D eigenvalue weighted by molar-refractivity contribution is 0.577. The van der Waals surface area contributed by atoms with Crippen molar-refractivity contribution in [1.29, 1.82) is 0 Å². The Morgan fingerprint density at radius 3 is 2.40 bits per heavy atom. The van der Waals surface area contributed by atoms with Crippen LogP contribution in [-0.4, -0.2) is 14.2 Å². The van der Waals surface area contributed by atoms with E-state index in [4.69, 9.17) is 5.84 Å². The number of nitrogens with zero attached hydrogens (tertiary/aromatic N) is 1. The van der Waals surface area contributed by atoms with Crippen molar-refractivity contribution in [3.05, 3.63) is 0 Å². The average Bonchev–Trinajstić information content (AvgIpc) is 1.89. The summed E-state index contributed by atoms with van der Waals surface area (Å²) in [6, 6.07) is 0. The van der Waals surface area contributed by atoms with Gasteiger partial charge in [0.1, 0.15) is 0 Å². The zero-order valence-electron chi connectivity index (χ0n) is 6.00. The van der Waals surface area contributed by atoms with Crippen LogP contribution >= 0.6 is 0 Å². The van der Waals surface area contributed by atoms with Crippen molar-refractivity contribution >= 4 is 10.0 Å². The van der Waals surface area contributed by atoms with E-state index in [0.29, 0.717) is 6.42 Å². The summed E-state index contributed by atoms with van der Waals surface area (Å²) in [5.41, 5.74) is 0. The van der Waals surface area contributed by atoms with Crippen LogP contribution in [-0.2, 0) is 10.0 Å². The van der Waals surface area contributed by atoms with Gasteiger partial charge in [0.25, 0.3) is 0 Å². The van der Waals surface area contributed by atoms with Gasteiger partial charge in [0.2, 0.25) is 10.0 Å². The lowest BCUT2D eigenvalue weighted by Crippen LogP contribution is -2.24. The largest absolute Gasteiger partial charge is 0.226 e. The molecule has 0 unspecified atom stereocenters. The van der Waals surface area contributed by atoms with Gasteiger partial charge in [-0.2, -0.15) is 0 Å². The second kappa shape index (κ2) is 4.65. The van der Waals surface area contributed by atoms with Gasteiger partial charge in [-0.15, -0.1) is 4.83 Å². The van der Waals surface area contributed by atoms with E-state index < -0.39 is 10.0 Å². The van der Waals surface area contributed by atoms with Crippen molar-refractivity contribution in [2.75, 3.05) is 5.75 Å². The van der Waals surface area contributed by atoms with Crippen LogP contribution in [0.2, 0.25) is 0 Å². The van der Waals surface area contributed by atoms with Crippen LogP contribution in [0.5, 0.6) is 0 Å². The summed E-state index contributed by atoms with van der Waals surface area (Å²) in [5, 5.41) is 0. The minimum Gasteiger partial charge on any atom is -0.211 e. The maximum atomic E-state index is 10.5. The first-order valence-corrected chi connectivity index (χ1v) is 4.91. The first-order chi connectivity index (χ1) is 4.62. The van der Waals surface area contributed by atoms with Gasteiger partial charge in [0.15, 0.2) is 0 Å². The summed E-state index contributed by atoms with van der Waals surface area (Å²) in [5.74, 6) is 8.07. The van der Waals surface area contributed by atoms with Gasteiger partial charge < -0.3 is 0 Å². The Labute approximate surface area is 61.8 Å². The molecule has 0 saturated heterocycles. The highest BCUT2D eigenvalue weighted by Gasteiger charge is 2.05. The van der Waals surface area contributed by atoms with E-state index in [9.17, 15) is 8.42 Å². The zero-order valence-corrected chi connectivity index (χ0v) is 6.82. The number of sulfonamides is 1. The second-order valence-corrected chi connectivity index (χ2v) is 3.94. The quantitative estimate of drug-likeness (QED) is 0.462. The molecule has 0 aromatic heterocycles. The molecule has 0 aromatic carbocycles. The zero-order chi connectivity index (χ0) is 8.04. The monoisotopic (exact) mass is 164 g/mol. The molecule has 4 nitrogen and oxygen atoms in total. The minimum absolute atomic E-state index is 0.0112. The molecule has 10 heavy (non-hydrogen) atoms. The van der Waals surface area contributed by atoms with Gasteiger partial charge in [-0.3, -0.25) is 0 Å². The Morgan fingerprint density at radius 2 is 2.00 bits per heavy atom. The highest BCUT2D eigenvalue weighted by atomic mass is 32.2. The van der Waals surface area contributed by atoms with Gasteiger partial charge in [-0.05, 0) is 12.3 Å². The fraction of sp³-hybridized carbons (Fsp3) is 1.00. The molecule has 0 rings (SSSR count). The topological polar surface area (TPSA) is 68.5 Å². The van der Waals surface area contributed by atoms with Crippen molar-refractivity contribution in [2.45, 2.75) is 26.2 Å². The third kappa shape index (κ3) is 4.72. The molecular formula is C5H12N2O2S. The standard InChI is InChI=1S/C5H12N2O2S/c1-2-3-4-5-10(8,9)7-6/h7H,2-5H2,1H3. The molecule has 1 N–H and O–H groups in total. The van der Waals surface area contributed by atoms with Crippen LogP contribution in [0.1, 0.15) is 26.2 Å². The molecule has 0 heterocycles. The van der Waals surface area contributed by atoms with E-state index in [1.54, 1.807) is 0 Å². The lowest BCUT2D eigenvalue weighted by Gasteiger charge is -1.97. The summed E-state index contributed by atoms with van der Waals surface area (Å²) >= 11 is 0. The maximum Gasteiger partial charge on any atom is 0.226 e. The molecule has 0 aromatic rings. The van der Waals surface area contributed by atoms with Crippen molar-refractivity contribution < 1.29 is 8.42 Å². The molecular weight excluding hydrogens is 152 g/mol. The van der Waals surface area contributed by atoms with E-state index >= 15 is 0 Å². The van der Waals surface area contributed by atoms with Crippen LogP contribution in [0.4, 0.5) is 0 Å². The molecule has 0 spiro atoms. The number of rotatable bonds is 5. The van der Waals surface area contributed by atoms with Gasteiger partial charge in [-0.1, -0.05) is 19.8 Å². The van der Waals surface area contributed by atoms with Crippen LogP contribution in [0, 0.1) is 0 Å². The molecule has 0 fully saturated rings. The molecule has 0 bridgehead atoms. The number of hydrogen-bond acceptors (Lipinski definition) is 2. The predicted octanol–water partition coefficient (Wildman–Crippen LogP) is 0.0797. The predicted molar refractivity (Wildman–Crippen MR) is 38.6 cm³/mol. The van der Waals surface area contributed by atoms with E-state index in [-0.39, 0.29) is 5.75 Å². The molecule has 5 heteroatoms. The van der Waals surface area contributed by atoms with Crippen molar-refractivity contribution in [2.24, 2.45) is 0 Å². The average molecular weight is 164 g/mol. The second-order valence-electron chi connectivity index (χ2n) is 2.12. The molecule has 0 amide bonds. The Hall–Kier alpha value is -0.130. The summed E-state index contributed by atoms with van der Waals surface area (Å²) in [6.45, 7) is 1.99. The Kier molecular flexibility index (Phi) is 4.59. The Balaban J connectivity index is 3.49. The van der Waals surface area contributed by atoms with E-state index in [0.717, 1.165) is 12.8 Å². The minimum atomic E-state index is -3.39. The third-order valence-electron chi connectivity index (χ3n) is 1.16. The summed E-state index contributed by atoms with van der Waals surface area (Å²) in [6.07, 6.45) is 2.45. The Morgan fingerprint density at radius 1 is 1.40 bits per heavy atom. The Bertz CT molecular complexity index is 164. The number of nitrogens with one attached hydrogen (secondary N) is 1. The molecule has 60 valence electrons. The number of hydrogen-bond donors (Lipinski definition) is 1. The molecule has 0 aliphatic carbocycles. The normalized spacial score (nSPS) is 11.8. The summed E-state index contributed by atoms with van der Waals surface area (Å²) < 4.78 is 21.0. The summed E-state index contributed by atoms with van der Waals surface area (Å²) in [7, 11) is -3.39. The van der Waals surface area contributed by atoms with E-state index in [1.165, 1.54) is 4.83 Å². The highest BCUT2D eigenvalue weighted by Crippen LogP contribution is 1.96. The van der Waals surface area contributed by atoms with Crippen LogP contribution in [0.25, 0.3) is 0 Å². The molecule has 0 atom stereocenters.